The van der Waals surface area contributed by atoms with Gasteiger partial charge in [-0.1, -0.05) is 13.3 Å². The zero-order valence-corrected chi connectivity index (χ0v) is 9.99. The van der Waals surface area contributed by atoms with Gasteiger partial charge in [0.05, 0.1) is 5.75 Å². The van der Waals surface area contributed by atoms with Crippen molar-refractivity contribution in [2.45, 2.75) is 32.6 Å². The third-order valence-corrected chi connectivity index (χ3v) is 4.11. The summed E-state index contributed by atoms with van der Waals surface area (Å²) >= 11 is 0. The molecule has 0 aromatic carbocycles. The van der Waals surface area contributed by atoms with E-state index in [4.69, 9.17) is 0 Å². The zero-order valence-electron chi connectivity index (χ0n) is 9.17. The van der Waals surface area contributed by atoms with Crippen LogP contribution < -0.4 is 5.32 Å². The summed E-state index contributed by atoms with van der Waals surface area (Å²) in [4.78, 5) is 0. The zero-order chi connectivity index (χ0) is 10.7. The van der Waals surface area contributed by atoms with Gasteiger partial charge in [0.25, 0.3) is 0 Å². The van der Waals surface area contributed by atoms with E-state index in [1.165, 1.54) is 25.5 Å². The fraction of sp³-hybridized carbons (Fsp3) is 1.00. The lowest BCUT2D eigenvalue weighted by Crippen LogP contribution is -2.41. The Hall–Kier alpha value is -0.0900. The molecule has 1 saturated carbocycles. The van der Waals surface area contributed by atoms with Crippen LogP contribution in [-0.4, -0.2) is 33.5 Å². The van der Waals surface area contributed by atoms with Crippen molar-refractivity contribution in [1.29, 1.82) is 0 Å². The lowest BCUT2D eigenvalue weighted by Gasteiger charge is -2.42. The maximum absolute atomic E-state index is 11.1. The first-order valence-corrected chi connectivity index (χ1v) is 7.42. The van der Waals surface area contributed by atoms with Crippen LogP contribution in [0.5, 0.6) is 0 Å². The molecule has 1 aliphatic carbocycles. The van der Waals surface area contributed by atoms with E-state index in [1.54, 1.807) is 0 Å². The molecule has 3 nitrogen and oxygen atoms in total. The molecule has 0 heterocycles. The van der Waals surface area contributed by atoms with Crippen molar-refractivity contribution in [3.05, 3.63) is 0 Å². The second kappa shape index (κ2) is 4.62. The van der Waals surface area contributed by atoms with Gasteiger partial charge in [0.2, 0.25) is 0 Å². The molecule has 0 amide bonds. The molecule has 1 rings (SSSR count). The molecular weight excluding hydrogens is 198 g/mol. The van der Waals surface area contributed by atoms with Crippen molar-refractivity contribution in [1.82, 2.24) is 5.32 Å². The minimum absolute atomic E-state index is 0.291. The first-order chi connectivity index (χ1) is 6.47. The summed E-state index contributed by atoms with van der Waals surface area (Å²) in [7, 11) is -2.79. The molecule has 1 aliphatic rings. The molecule has 0 saturated heterocycles. The van der Waals surface area contributed by atoms with Gasteiger partial charge >= 0.3 is 0 Å². The normalized spacial score (nSPS) is 20.4. The van der Waals surface area contributed by atoms with Crippen molar-refractivity contribution >= 4 is 9.84 Å². The summed E-state index contributed by atoms with van der Waals surface area (Å²) in [5, 5.41) is 3.33. The number of rotatable bonds is 6. The molecule has 0 bridgehead atoms. The first kappa shape index (κ1) is 12.0. The van der Waals surface area contributed by atoms with Gasteiger partial charge in [-0.3, -0.25) is 0 Å². The minimum atomic E-state index is -2.79. The van der Waals surface area contributed by atoms with Crippen molar-refractivity contribution < 1.29 is 8.42 Å². The third kappa shape index (κ3) is 3.58. The van der Waals surface area contributed by atoms with Gasteiger partial charge in [0.15, 0.2) is 0 Å². The summed E-state index contributed by atoms with van der Waals surface area (Å²) in [6, 6.07) is 0. The van der Waals surface area contributed by atoms with Gasteiger partial charge in [0, 0.05) is 12.8 Å². The molecule has 0 atom stereocenters. The third-order valence-electron chi connectivity index (χ3n) is 3.17. The number of hydrogen-bond acceptors (Lipinski definition) is 3. The summed E-state index contributed by atoms with van der Waals surface area (Å²) in [5.74, 6) is 0.346. The fourth-order valence-corrected chi connectivity index (χ4v) is 2.79. The monoisotopic (exact) mass is 219 g/mol. The van der Waals surface area contributed by atoms with Gasteiger partial charge in [-0.2, -0.15) is 0 Å². The topological polar surface area (TPSA) is 46.2 Å². The van der Waals surface area contributed by atoms with Crippen molar-refractivity contribution in [3.63, 3.8) is 0 Å². The van der Waals surface area contributed by atoms with Crippen LogP contribution in [-0.2, 0) is 9.84 Å². The van der Waals surface area contributed by atoms with E-state index in [1.807, 2.05) is 0 Å². The van der Waals surface area contributed by atoms with Crippen LogP contribution >= 0.6 is 0 Å². The van der Waals surface area contributed by atoms with Crippen molar-refractivity contribution in [2.75, 3.05) is 25.1 Å². The van der Waals surface area contributed by atoms with Crippen LogP contribution in [0.4, 0.5) is 0 Å². The van der Waals surface area contributed by atoms with E-state index in [9.17, 15) is 8.42 Å². The highest BCUT2D eigenvalue weighted by atomic mass is 32.2. The molecule has 1 N–H and O–H groups in total. The Kier molecular flexibility index (Phi) is 3.95. The van der Waals surface area contributed by atoms with Crippen LogP contribution in [0.25, 0.3) is 0 Å². The Morgan fingerprint density at radius 1 is 1.36 bits per heavy atom. The second-order valence-electron chi connectivity index (χ2n) is 4.51. The van der Waals surface area contributed by atoms with Crippen molar-refractivity contribution in [3.8, 4) is 0 Å². The van der Waals surface area contributed by atoms with Gasteiger partial charge in [-0.05, 0) is 31.2 Å². The molecule has 14 heavy (non-hydrogen) atoms. The Bertz CT molecular complexity index is 268. The van der Waals surface area contributed by atoms with Gasteiger partial charge < -0.3 is 5.32 Å². The van der Waals surface area contributed by atoms with Gasteiger partial charge in [0.1, 0.15) is 9.84 Å². The molecule has 84 valence electrons. The molecule has 0 aliphatic heterocycles. The molecule has 0 radical (unpaired) electrons. The van der Waals surface area contributed by atoms with Crippen molar-refractivity contribution in [2.24, 2.45) is 5.41 Å². The molecule has 4 heteroatoms. The van der Waals surface area contributed by atoms with E-state index in [-0.39, 0.29) is 0 Å². The Balaban J connectivity index is 2.38. The molecule has 0 aromatic rings. The quantitative estimate of drug-likeness (QED) is 0.730. The number of sulfone groups is 1. The van der Waals surface area contributed by atoms with Crippen LogP contribution in [0, 0.1) is 5.41 Å². The molecule has 0 spiro atoms. The maximum Gasteiger partial charge on any atom is 0.147 e. The molecular formula is C10H21NO2S. The van der Waals surface area contributed by atoms with E-state index in [0.29, 0.717) is 11.2 Å². The van der Waals surface area contributed by atoms with E-state index in [0.717, 1.165) is 19.5 Å². The summed E-state index contributed by atoms with van der Waals surface area (Å²) in [6.07, 6.45) is 5.80. The highest BCUT2D eigenvalue weighted by Gasteiger charge is 2.36. The average molecular weight is 219 g/mol. The van der Waals surface area contributed by atoms with E-state index < -0.39 is 9.84 Å². The van der Waals surface area contributed by atoms with Crippen LogP contribution in [0.3, 0.4) is 0 Å². The predicted molar refractivity (Wildman–Crippen MR) is 59.2 cm³/mol. The largest absolute Gasteiger partial charge is 0.316 e. The Morgan fingerprint density at radius 2 is 2.00 bits per heavy atom. The molecule has 0 unspecified atom stereocenters. The van der Waals surface area contributed by atoms with Crippen LogP contribution in [0.1, 0.15) is 32.6 Å². The average Bonchev–Trinajstić information content (AvgIpc) is 2.00. The summed E-state index contributed by atoms with van der Waals surface area (Å²) in [6.45, 7) is 4.04. The van der Waals surface area contributed by atoms with Crippen LogP contribution in [0.15, 0.2) is 0 Å². The second-order valence-corrected chi connectivity index (χ2v) is 6.77. The fourth-order valence-electron chi connectivity index (χ4n) is 1.98. The lowest BCUT2D eigenvalue weighted by atomic mass is 9.67. The smallest absolute Gasteiger partial charge is 0.147 e. The van der Waals surface area contributed by atoms with E-state index >= 15 is 0 Å². The summed E-state index contributed by atoms with van der Waals surface area (Å²) in [5.41, 5.74) is 0.291. The Labute approximate surface area is 87.2 Å². The summed E-state index contributed by atoms with van der Waals surface area (Å²) < 4.78 is 22.1. The number of hydrogen-bond donors (Lipinski definition) is 1. The molecule has 0 aromatic heterocycles. The minimum Gasteiger partial charge on any atom is -0.316 e. The predicted octanol–water partition coefficient (Wildman–Crippen LogP) is 1.20. The van der Waals surface area contributed by atoms with Gasteiger partial charge in [-0.25, -0.2) is 8.42 Å². The lowest BCUT2D eigenvalue weighted by molar-refractivity contribution is 0.126. The highest BCUT2D eigenvalue weighted by Crippen LogP contribution is 2.43. The van der Waals surface area contributed by atoms with Gasteiger partial charge in [-0.15, -0.1) is 0 Å². The highest BCUT2D eigenvalue weighted by molar-refractivity contribution is 7.90. The maximum atomic E-state index is 11.1. The molecule has 1 fully saturated rings. The first-order valence-electron chi connectivity index (χ1n) is 5.36. The standard InChI is InChI=1S/C10H21NO2S/c1-3-11-9-10(5-4-6-10)7-8-14(2,12)13/h11H,3-9H2,1-2H3. The van der Waals surface area contributed by atoms with Crippen LogP contribution in [0.2, 0.25) is 0 Å². The SMILES string of the molecule is CCNCC1(CCS(C)(=O)=O)CCC1. The Morgan fingerprint density at radius 3 is 2.36 bits per heavy atom. The van der Waals surface area contributed by atoms with E-state index in [2.05, 4.69) is 12.2 Å². The number of nitrogens with one attached hydrogen (secondary N) is 1.